The van der Waals surface area contributed by atoms with Crippen LogP contribution in [0.1, 0.15) is 32.0 Å². The normalized spacial score (nSPS) is 10.9. The Kier molecular flexibility index (Phi) is 4.49. The van der Waals surface area contributed by atoms with Crippen LogP contribution in [0.2, 0.25) is 0 Å². The van der Waals surface area contributed by atoms with Crippen molar-refractivity contribution in [3.05, 3.63) is 18.0 Å². The van der Waals surface area contributed by atoms with Gasteiger partial charge in [0.05, 0.1) is 6.42 Å². The van der Waals surface area contributed by atoms with E-state index in [4.69, 9.17) is 5.11 Å². The Morgan fingerprint density at radius 2 is 2.20 bits per heavy atom. The number of aliphatic carboxylic acids is 1. The van der Waals surface area contributed by atoms with Gasteiger partial charge < -0.3 is 10.0 Å². The number of hydrogen-bond donors (Lipinski definition) is 1. The Morgan fingerprint density at radius 1 is 1.40 bits per heavy atom. The van der Waals surface area contributed by atoms with E-state index in [0.717, 1.165) is 25.2 Å². The summed E-state index contributed by atoms with van der Waals surface area (Å²) in [7, 11) is 1.99. The number of anilines is 1. The Balaban J connectivity index is 2.22. The van der Waals surface area contributed by atoms with Crippen molar-refractivity contribution in [1.29, 1.82) is 0 Å². The molecule has 0 bridgehead atoms. The van der Waals surface area contributed by atoms with Crippen LogP contribution >= 0.6 is 0 Å². The largest absolute Gasteiger partial charge is 0.481 e. The van der Waals surface area contributed by atoms with E-state index in [1.807, 2.05) is 19.2 Å². The van der Waals surface area contributed by atoms with E-state index < -0.39 is 5.97 Å². The molecule has 0 fully saturated rings. The highest BCUT2D eigenvalue weighted by atomic mass is 16.4. The van der Waals surface area contributed by atoms with Crippen LogP contribution < -0.4 is 4.90 Å². The van der Waals surface area contributed by atoms with Crippen molar-refractivity contribution in [3.8, 4) is 0 Å². The van der Waals surface area contributed by atoms with E-state index >= 15 is 0 Å². The van der Waals surface area contributed by atoms with Crippen molar-refractivity contribution in [2.45, 2.75) is 32.6 Å². The van der Waals surface area contributed by atoms with Crippen molar-refractivity contribution in [1.82, 2.24) is 19.8 Å². The zero-order valence-electron chi connectivity index (χ0n) is 11.8. The minimum Gasteiger partial charge on any atom is -0.481 e. The lowest BCUT2D eigenvalue weighted by atomic mass is 10.3. The summed E-state index contributed by atoms with van der Waals surface area (Å²) in [5.41, 5.74) is 0.637. The number of aromatic nitrogens is 4. The summed E-state index contributed by atoms with van der Waals surface area (Å²) in [6.07, 6.45) is 2.58. The molecule has 7 heteroatoms. The van der Waals surface area contributed by atoms with Crippen LogP contribution in [0.15, 0.2) is 12.1 Å². The summed E-state index contributed by atoms with van der Waals surface area (Å²) in [6, 6.07) is 3.75. The first-order valence-corrected chi connectivity index (χ1v) is 6.76. The van der Waals surface area contributed by atoms with Crippen LogP contribution in [0.25, 0.3) is 5.65 Å². The third kappa shape index (κ3) is 3.23. The van der Waals surface area contributed by atoms with Crippen molar-refractivity contribution < 1.29 is 9.90 Å². The maximum atomic E-state index is 10.6. The fourth-order valence-corrected chi connectivity index (χ4v) is 1.91. The molecule has 0 aliphatic rings. The van der Waals surface area contributed by atoms with Gasteiger partial charge in [0.1, 0.15) is 5.82 Å². The average Bonchev–Trinajstić information content (AvgIpc) is 2.84. The maximum absolute atomic E-state index is 10.6. The third-order valence-corrected chi connectivity index (χ3v) is 3.11. The monoisotopic (exact) mass is 277 g/mol. The second-order valence-electron chi connectivity index (χ2n) is 4.75. The summed E-state index contributed by atoms with van der Waals surface area (Å²) >= 11 is 0. The second kappa shape index (κ2) is 6.31. The molecule has 2 heterocycles. The zero-order chi connectivity index (χ0) is 14.5. The lowest BCUT2D eigenvalue weighted by Crippen LogP contribution is -2.20. The minimum atomic E-state index is -0.849. The number of aryl methyl sites for hydroxylation is 1. The molecule has 7 nitrogen and oxygen atoms in total. The quantitative estimate of drug-likeness (QED) is 0.823. The average molecular weight is 277 g/mol. The van der Waals surface area contributed by atoms with E-state index in [0.29, 0.717) is 17.9 Å². The molecule has 20 heavy (non-hydrogen) atoms. The van der Waals surface area contributed by atoms with Crippen LogP contribution in [0.4, 0.5) is 5.82 Å². The van der Waals surface area contributed by atoms with Crippen molar-refractivity contribution in [3.63, 3.8) is 0 Å². The number of carbonyl (C=O) groups is 1. The van der Waals surface area contributed by atoms with Gasteiger partial charge in [-0.2, -0.15) is 4.52 Å². The van der Waals surface area contributed by atoms with Gasteiger partial charge in [-0.1, -0.05) is 13.3 Å². The number of nitrogens with zero attached hydrogens (tertiary/aromatic N) is 5. The summed E-state index contributed by atoms with van der Waals surface area (Å²) in [6.45, 7) is 3.08. The summed E-state index contributed by atoms with van der Waals surface area (Å²) in [4.78, 5) is 12.7. The number of fused-ring (bicyclic) bond motifs is 1. The molecule has 1 N–H and O–H groups in total. The third-order valence-electron chi connectivity index (χ3n) is 3.11. The smallest absolute Gasteiger partial charge is 0.303 e. The van der Waals surface area contributed by atoms with Crippen LogP contribution in [0, 0.1) is 0 Å². The molecule has 0 saturated carbocycles. The first-order valence-electron chi connectivity index (χ1n) is 6.76. The SMILES string of the molecule is CCCCN(C)c1ccc2nnc(CCC(=O)O)n2n1. The molecule has 0 aliphatic carbocycles. The van der Waals surface area contributed by atoms with Gasteiger partial charge in [-0.25, -0.2) is 0 Å². The Hall–Kier alpha value is -2.18. The molecule has 0 amide bonds. The number of carboxylic acid groups (broad SMARTS) is 1. The van der Waals surface area contributed by atoms with Gasteiger partial charge in [0.2, 0.25) is 0 Å². The van der Waals surface area contributed by atoms with E-state index in [-0.39, 0.29) is 6.42 Å². The summed E-state index contributed by atoms with van der Waals surface area (Å²) in [5, 5.41) is 21.2. The number of carboxylic acids is 1. The van der Waals surface area contributed by atoms with Gasteiger partial charge in [0.15, 0.2) is 11.5 Å². The predicted octanol–water partition coefficient (Wildman–Crippen LogP) is 1.38. The van der Waals surface area contributed by atoms with E-state index in [2.05, 4.69) is 27.1 Å². The number of rotatable bonds is 7. The van der Waals surface area contributed by atoms with Gasteiger partial charge in [0, 0.05) is 20.0 Å². The van der Waals surface area contributed by atoms with E-state index in [1.54, 1.807) is 4.52 Å². The minimum absolute atomic E-state index is 0.0262. The number of unbranched alkanes of at least 4 members (excludes halogenated alkanes) is 1. The van der Waals surface area contributed by atoms with Crippen LogP contribution in [0.3, 0.4) is 0 Å². The molecule has 0 atom stereocenters. The Bertz CT molecular complexity index is 595. The highest BCUT2D eigenvalue weighted by Gasteiger charge is 2.11. The first kappa shape index (κ1) is 14.2. The number of hydrogen-bond acceptors (Lipinski definition) is 5. The van der Waals surface area contributed by atoms with Crippen LogP contribution in [0.5, 0.6) is 0 Å². The fourth-order valence-electron chi connectivity index (χ4n) is 1.91. The van der Waals surface area contributed by atoms with Crippen molar-refractivity contribution in [2.75, 3.05) is 18.5 Å². The van der Waals surface area contributed by atoms with Gasteiger partial charge in [0.25, 0.3) is 0 Å². The highest BCUT2D eigenvalue weighted by Crippen LogP contribution is 2.12. The van der Waals surface area contributed by atoms with E-state index in [1.165, 1.54) is 0 Å². The van der Waals surface area contributed by atoms with E-state index in [9.17, 15) is 4.79 Å². The lowest BCUT2D eigenvalue weighted by molar-refractivity contribution is -0.137. The van der Waals surface area contributed by atoms with Gasteiger partial charge in [-0.3, -0.25) is 4.79 Å². The molecule has 2 aromatic rings. The molecular weight excluding hydrogens is 258 g/mol. The Labute approximate surface area is 117 Å². The fraction of sp³-hybridized carbons (Fsp3) is 0.538. The lowest BCUT2D eigenvalue weighted by Gasteiger charge is -2.17. The van der Waals surface area contributed by atoms with Crippen molar-refractivity contribution >= 4 is 17.4 Å². The van der Waals surface area contributed by atoms with Gasteiger partial charge in [-0.05, 0) is 18.6 Å². The molecule has 2 rings (SSSR count). The maximum Gasteiger partial charge on any atom is 0.303 e. The standard InChI is InChI=1S/C13H19N5O2/c1-3-4-9-17(2)12-6-5-10-14-15-11(18(10)16-12)7-8-13(19)20/h5-6H,3-4,7-9H2,1-2H3,(H,19,20). The van der Waals surface area contributed by atoms with Crippen molar-refractivity contribution in [2.24, 2.45) is 0 Å². The molecule has 0 saturated heterocycles. The molecule has 2 aromatic heterocycles. The molecule has 0 aliphatic heterocycles. The molecule has 0 aromatic carbocycles. The molecule has 0 unspecified atom stereocenters. The molecule has 0 radical (unpaired) electrons. The Morgan fingerprint density at radius 3 is 2.90 bits per heavy atom. The van der Waals surface area contributed by atoms with Crippen LogP contribution in [-0.2, 0) is 11.2 Å². The van der Waals surface area contributed by atoms with Gasteiger partial charge >= 0.3 is 5.97 Å². The highest BCUT2D eigenvalue weighted by molar-refractivity contribution is 5.66. The zero-order valence-corrected chi connectivity index (χ0v) is 11.8. The molecule has 108 valence electrons. The summed E-state index contributed by atoms with van der Waals surface area (Å²) in [5.74, 6) is 0.563. The van der Waals surface area contributed by atoms with Crippen LogP contribution in [-0.4, -0.2) is 44.5 Å². The predicted molar refractivity (Wildman–Crippen MR) is 74.9 cm³/mol. The first-order chi connectivity index (χ1) is 9.61. The topological polar surface area (TPSA) is 83.6 Å². The summed E-state index contributed by atoms with van der Waals surface area (Å²) < 4.78 is 1.63. The molecule has 0 spiro atoms. The second-order valence-corrected chi connectivity index (χ2v) is 4.75. The van der Waals surface area contributed by atoms with Gasteiger partial charge in [-0.15, -0.1) is 15.3 Å². The molecular formula is C13H19N5O2.